The summed E-state index contributed by atoms with van der Waals surface area (Å²) in [5.41, 5.74) is 4.12. The van der Waals surface area contributed by atoms with Crippen LogP contribution in [0.5, 0.6) is 0 Å². The van der Waals surface area contributed by atoms with Gasteiger partial charge in [-0.05, 0) is 31.9 Å². The smallest absolute Gasteiger partial charge is 0.0917 e. The minimum atomic E-state index is 0.924. The van der Waals surface area contributed by atoms with Crippen molar-refractivity contribution in [3.8, 4) is 0 Å². The first-order chi connectivity index (χ1) is 7.20. The van der Waals surface area contributed by atoms with Crippen LogP contribution in [-0.2, 0) is 0 Å². The predicted octanol–water partition coefficient (Wildman–Crippen LogP) is 3.91. The van der Waals surface area contributed by atoms with Crippen molar-refractivity contribution in [3.63, 3.8) is 0 Å². The molecule has 0 amide bonds. The van der Waals surface area contributed by atoms with E-state index in [1.165, 1.54) is 0 Å². The topological polar surface area (TPSA) is 24.7 Å². The highest BCUT2D eigenvalue weighted by atomic mass is 14.8. The summed E-state index contributed by atoms with van der Waals surface area (Å²) in [7, 11) is 0. The lowest BCUT2D eigenvalue weighted by Gasteiger charge is -2.07. The Morgan fingerprint density at radius 1 is 1.07 bits per heavy atom. The largest absolute Gasteiger partial charge is 0.259 e. The van der Waals surface area contributed by atoms with Gasteiger partial charge < -0.3 is 0 Å². The zero-order valence-electron chi connectivity index (χ0n) is 9.49. The van der Waals surface area contributed by atoms with Crippen molar-refractivity contribution >= 4 is 23.8 Å². The van der Waals surface area contributed by atoms with Crippen LogP contribution in [0.25, 0.3) is 0 Å². The average Bonchev–Trinajstić information content (AvgIpc) is 2.23. The average molecular weight is 200 g/mol. The Bertz CT molecular complexity index is 415. The van der Waals surface area contributed by atoms with Crippen molar-refractivity contribution in [2.45, 2.75) is 20.8 Å². The van der Waals surface area contributed by atoms with Crippen molar-refractivity contribution < 1.29 is 0 Å². The number of hydrogen-bond donors (Lipinski definition) is 0. The van der Waals surface area contributed by atoms with Crippen LogP contribution in [-0.4, -0.2) is 12.4 Å². The number of allylic oxidation sites excluding steroid dienone is 1. The van der Waals surface area contributed by atoms with Gasteiger partial charge in [0.25, 0.3) is 0 Å². The van der Waals surface area contributed by atoms with Gasteiger partial charge in [0.1, 0.15) is 0 Å². The molecule has 78 valence electrons. The van der Waals surface area contributed by atoms with Crippen LogP contribution in [0.4, 0.5) is 11.4 Å². The molecule has 0 bridgehead atoms. The lowest BCUT2D eigenvalue weighted by Crippen LogP contribution is -1.81. The summed E-state index contributed by atoms with van der Waals surface area (Å²) in [5.74, 6) is 0. The molecular weight excluding hydrogens is 184 g/mol. The van der Waals surface area contributed by atoms with E-state index in [0.29, 0.717) is 0 Å². The third kappa shape index (κ3) is 2.62. The molecule has 0 aliphatic heterocycles. The van der Waals surface area contributed by atoms with Gasteiger partial charge in [0.2, 0.25) is 0 Å². The van der Waals surface area contributed by atoms with Gasteiger partial charge in [0, 0.05) is 12.4 Å². The molecule has 0 fully saturated rings. The molecule has 0 heterocycles. The van der Waals surface area contributed by atoms with Gasteiger partial charge in [-0.3, -0.25) is 9.98 Å². The molecule has 0 saturated heterocycles. The molecular formula is C13H16N2. The second-order valence-electron chi connectivity index (χ2n) is 3.30. The fourth-order valence-electron chi connectivity index (χ4n) is 1.36. The SMILES string of the molecule is C=C/C=N\c1c(C)ccc(C)c1/N=C\C. The molecule has 1 aromatic carbocycles. The van der Waals surface area contributed by atoms with Crippen LogP contribution < -0.4 is 0 Å². The minimum Gasteiger partial charge on any atom is -0.259 e. The molecule has 0 aromatic heterocycles. The molecule has 0 N–H and O–H groups in total. The van der Waals surface area contributed by atoms with Crippen molar-refractivity contribution in [2.24, 2.45) is 9.98 Å². The van der Waals surface area contributed by atoms with E-state index in [4.69, 9.17) is 0 Å². The highest BCUT2D eigenvalue weighted by Gasteiger charge is 2.05. The van der Waals surface area contributed by atoms with Gasteiger partial charge in [0.15, 0.2) is 0 Å². The van der Waals surface area contributed by atoms with Crippen LogP contribution in [0.2, 0.25) is 0 Å². The number of benzene rings is 1. The van der Waals surface area contributed by atoms with E-state index in [9.17, 15) is 0 Å². The number of aryl methyl sites for hydroxylation is 2. The monoisotopic (exact) mass is 200 g/mol. The van der Waals surface area contributed by atoms with Crippen molar-refractivity contribution in [2.75, 3.05) is 0 Å². The first kappa shape index (κ1) is 11.4. The molecule has 0 atom stereocenters. The van der Waals surface area contributed by atoms with Crippen molar-refractivity contribution in [1.82, 2.24) is 0 Å². The second-order valence-corrected chi connectivity index (χ2v) is 3.30. The maximum atomic E-state index is 4.35. The maximum Gasteiger partial charge on any atom is 0.0917 e. The van der Waals surface area contributed by atoms with Gasteiger partial charge >= 0.3 is 0 Å². The Morgan fingerprint density at radius 3 is 2.07 bits per heavy atom. The molecule has 0 unspecified atom stereocenters. The summed E-state index contributed by atoms with van der Waals surface area (Å²) in [4.78, 5) is 8.69. The quantitative estimate of drug-likeness (QED) is 0.661. The minimum absolute atomic E-state index is 0.924. The maximum absolute atomic E-state index is 4.35. The molecule has 0 spiro atoms. The first-order valence-electron chi connectivity index (χ1n) is 4.94. The molecule has 0 radical (unpaired) electrons. The second kappa shape index (κ2) is 5.25. The molecule has 2 heteroatoms. The summed E-state index contributed by atoms with van der Waals surface area (Å²) < 4.78 is 0. The van der Waals surface area contributed by atoms with E-state index in [-0.39, 0.29) is 0 Å². The number of rotatable bonds is 3. The molecule has 0 aliphatic carbocycles. The van der Waals surface area contributed by atoms with Gasteiger partial charge in [-0.2, -0.15) is 0 Å². The molecule has 0 saturated carbocycles. The van der Waals surface area contributed by atoms with Crippen LogP contribution >= 0.6 is 0 Å². The zero-order chi connectivity index (χ0) is 11.3. The van der Waals surface area contributed by atoms with E-state index in [1.807, 2.05) is 20.8 Å². The summed E-state index contributed by atoms with van der Waals surface area (Å²) in [6.07, 6.45) is 5.15. The van der Waals surface area contributed by atoms with E-state index in [2.05, 4.69) is 28.7 Å². The fraction of sp³-hybridized carbons (Fsp3) is 0.231. The Labute approximate surface area is 91.1 Å². The Balaban J connectivity index is 3.37. The van der Waals surface area contributed by atoms with Crippen LogP contribution in [0, 0.1) is 13.8 Å². The molecule has 15 heavy (non-hydrogen) atoms. The normalized spacial score (nSPS) is 11.4. The van der Waals surface area contributed by atoms with Crippen LogP contribution in [0.3, 0.4) is 0 Å². The molecule has 2 nitrogen and oxygen atoms in total. The summed E-state index contributed by atoms with van der Waals surface area (Å²) in [6.45, 7) is 9.59. The van der Waals surface area contributed by atoms with Gasteiger partial charge in [0.05, 0.1) is 11.4 Å². The highest BCUT2D eigenvalue weighted by molar-refractivity contribution is 5.81. The lowest BCUT2D eigenvalue weighted by atomic mass is 10.1. The summed E-state index contributed by atoms with van der Waals surface area (Å²) in [5, 5.41) is 0. The predicted molar refractivity (Wildman–Crippen MR) is 68.1 cm³/mol. The number of aliphatic imine (C=N–C) groups is 2. The third-order valence-corrected chi connectivity index (χ3v) is 2.12. The van der Waals surface area contributed by atoms with E-state index < -0.39 is 0 Å². The Hall–Kier alpha value is -1.70. The fourth-order valence-corrected chi connectivity index (χ4v) is 1.36. The lowest BCUT2D eigenvalue weighted by molar-refractivity contribution is 1.32. The highest BCUT2D eigenvalue weighted by Crippen LogP contribution is 2.34. The number of nitrogens with zero attached hydrogens (tertiary/aromatic N) is 2. The van der Waals surface area contributed by atoms with Gasteiger partial charge in [-0.1, -0.05) is 24.8 Å². The van der Waals surface area contributed by atoms with Crippen molar-refractivity contribution in [1.29, 1.82) is 0 Å². The third-order valence-electron chi connectivity index (χ3n) is 2.12. The van der Waals surface area contributed by atoms with Crippen LogP contribution in [0.1, 0.15) is 18.1 Å². The molecule has 1 rings (SSSR count). The van der Waals surface area contributed by atoms with E-state index >= 15 is 0 Å². The van der Waals surface area contributed by atoms with E-state index in [1.54, 1.807) is 18.5 Å². The van der Waals surface area contributed by atoms with Crippen molar-refractivity contribution in [3.05, 3.63) is 35.9 Å². The molecule has 1 aromatic rings. The van der Waals surface area contributed by atoms with E-state index in [0.717, 1.165) is 22.5 Å². The standard InChI is InChI=1S/C13H16N2/c1-5-9-15-13-11(4)8-7-10(3)12(13)14-6-2/h5-9H,1H2,2-4H3/b14-6-,15-9-. The van der Waals surface area contributed by atoms with Crippen LogP contribution in [0.15, 0.2) is 34.8 Å². The number of hydrogen-bond acceptors (Lipinski definition) is 2. The van der Waals surface area contributed by atoms with Gasteiger partial charge in [-0.25, -0.2) is 0 Å². The summed E-state index contributed by atoms with van der Waals surface area (Å²) >= 11 is 0. The Kier molecular flexibility index (Phi) is 3.98. The van der Waals surface area contributed by atoms with Gasteiger partial charge in [-0.15, -0.1) is 0 Å². The Morgan fingerprint density at radius 2 is 1.60 bits per heavy atom. The first-order valence-corrected chi connectivity index (χ1v) is 4.94. The summed E-state index contributed by atoms with van der Waals surface area (Å²) in [6, 6.07) is 4.12. The molecule has 0 aliphatic rings. The zero-order valence-corrected chi connectivity index (χ0v) is 9.49.